The molecule has 37 heavy (non-hydrogen) atoms. The minimum Gasteiger partial charge on any atom is -0.493 e. The lowest BCUT2D eigenvalue weighted by atomic mass is 10.3. The van der Waals surface area contributed by atoms with Gasteiger partial charge in [-0.1, -0.05) is 22.9 Å². The molecule has 0 saturated carbocycles. The number of amides is 1. The zero-order chi connectivity index (χ0) is 26.7. The Labute approximate surface area is 222 Å². The van der Waals surface area contributed by atoms with Gasteiger partial charge in [-0.3, -0.25) is 18.5 Å². The van der Waals surface area contributed by atoms with E-state index in [-0.39, 0.29) is 21.2 Å². The van der Waals surface area contributed by atoms with E-state index in [2.05, 4.69) is 5.32 Å². The van der Waals surface area contributed by atoms with E-state index in [1.54, 1.807) is 34.9 Å². The fraction of sp³-hybridized carbons (Fsp3) is 0.200. The molecule has 0 atom stereocenters. The lowest BCUT2D eigenvalue weighted by Crippen LogP contribution is -2.38. The molecule has 0 fully saturated rings. The molecule has 194 valence electrons. The molecule has 0 spiro atoms. The van der Waals surface area contributed by atoms with Crippen molar-refractivity contribution in [2.45, 2.75) is 18.4 Å². The molecule has 1 N–H and O–H groups in total. The summed E-state index contributed by atoms with van der Waals surface area (Å²) in [5, 5.41) is 3.16. The highest BCUT2D eigenvalue weighted by molar-refractivity contribution is 7.92. The van der Waals surface area contributed by atoms with E-state index in [1.165, 1.54) is 44.6 Å². The van der Waals surface area contributed by atoms with Crippen LogP contribution in [0.15, 0.2) is 70.4 Å². The number of hydrogen-bond acceptors (Lipinski definition) is 7. The van der Waals surface area contributed by atoms with E-state index in [0.717, 1.165) is 25.9 Å². The number of carbonyl (C=O) groups excluding carboxylic acids is 1. The molecule has 0 unspecified atom stereocenters. The van der Waals surface area contributed by atoms with E-state index in [0.29, 0.717) is 23.0 Å². The van der Waals surface area contributed by atoms with Gasteiger partial charge in [0.2, 0.25) is 5.91 Å². The molecule has 12 heteroatoms. The van der Waals surface area contributed by atoms with E-state index in [4.69, 9.17) is 21.1 Å². The van der Waals surface area contributed by atoms with Gasteiger partial charge >= 0.3 is 4.87 Å². The summed E-state index contributed by atoms with van der Waals surface area (Å²) in [7, 11) is -1.35. The van der Waals surface area contributed by atoms with E-state index >= 15 is 0 Å². The van der Waals surface area contributed by atoms with Crippen molar-refractivity contribution < 1.29 is 22.7 Å². The Balaban J connectivity index is 1.67. The number of hydrogen-bond donors (Lipinski definition) is 1. The molecule has 0 bridgehead atoms. The van der Waals surface area contributed by atoms with Crippen molar-refractivity contribution in [3.8, 4) is 11.5 Å². The monoisotopic (exact) mass is 561 g/mol. The van der Waals surface area contributed by atoms with Gasteiger partial charge < -0.3 is 14.8 Å². The number of sulfonamides is 1. The Morgan fingerprint density at radius 3 is 2.38 bits per heavy atom. The number of aromatic nitrogens is 1. The van der Waals surface area contributed by atoms with Crippen LogP contribution in [0.25, 0.3) is 10.2 Å². The van der Waals surface area contributed by atoms with Crippen molar-refractivity contribution in [1.82, 2.24) is 4.57 Å². The van der Waals surface area contributed by atoms with Crippen molar-refractivity contribution in [2.75, 3.05) is 30.4 Å². The molecule has 0 radical (unpaired) electrons. The van der Waals surface area contributed by atoms with Crippen molar-refractivity contribution >= 4 is 60.5 Å². The molecule has 4 rings (SSSR count). The first-order valence-corrected chi connectivity index (χ1v) is 13.7. The minimum atomic E-state index is -4.20. The summed E-state index contributed by atoms with van der Waals surface area (Å²) in [4.78, 5) is 25.1. The molecular weight excluding hydrogens is 538 g/mol. The summed E-state index contributed by atoms with van der Waals surface area (Å²) in [6.45, 7) is 1.91. The number of nitrogens with zero attached hydrogens (tertiary/aromatic N) is 2. The molecule has 1 amide bonds. The minimum absolute atomic E-state index is 0.0833. The van der Waals surface area contributed by atoms with Crippen molar-refractivity contribution in [1.29, 1.82) is 0 Å². The fourth-order valence-corrected chi connectivity index (χ4v) is 6.36. The molecule has 3 aromatic carbocycles. The third-order valence-electron chi connectivity index (χ3n) is 5.61. The van der Waals surface area contributed by atoms with Gasteiger partial charge in [-0.2, -0.15) is 0 Å². The van der Waals surface area contributed by atoms with Crippen LogP contribution < -0.4 is 24.0 Å². The summed E-state index contributed by atoms with van der Waals surface area (Å²) in [6.07, 6.45) is 0. The van der Waals surface area contributed by atoms with Crippen LogP contribution in [0.4, 0.5) is 11.4 Å². The predicted octanol–water partition coefficient (Wildman–Crippen LogP) is 4.59. The van der Waals surface area contributed by atoms with Crippen LogP contribution >= 0.6 is 22.9 Å². The zero-order valence-electron chi connectivity index (χ0n) is 20.2. The molecule has 0 aliphatic heterocycles. The average molecular weight is 562 g/mol. The summed E-state index contributed by atoms with van der Waals surface area (Å²) < 4.78 is 41.2. The fourth-order valence-electron chi connectivity index (χ4n) is 3.80. The summed E-state index contributed by atoms with van der Waals surface area (Å²) in [5.74, 6) is 0.0304. The van der Waals surface area contributed by atoms with Crippen molar-refractivity contribution in [2.24, 2.45) is 0 Å². The predicted molar refractivity (Wildman–Crippen MR) is 146 cm³/mol. The van der Waals surface area contributed by atoms with Crippen LogP contribution in [0.2, 0.25) is 5.02 Å². The first kappa shape index (κ1) is 26.5. The summed E-state index contributed by atoms with van der Waals surface area (Å²) in [5.41, 5.74) is 1.47. The third-order valence-corrected chi connectivity index (χ3v) is 8.58. The number of fused-ring (bicyclic) bond motifs is 1. The average Bonchev–Trinajstić information content (AvgIpc) is 3.21. The SMILES string of the molecule is CCn1c(=O)sc2cc(NC(=O)CN(c3ccc(Cl)cc3)S(=O)(=O)c3ccc(OC)c(OC)c3)ccc21. The number of nitrogens with one attached hydrogen (secondary N) is 1. The highest BCUT2D eigenvalue weighted by Crippen LogP contribution is 2.32. The van der Waals surface area contributed by atoms with Crippen LogP contribution in [0, 0.1) is 0 Å². The van der Waals surface area contributed by atoms with Crippen molar-refractivity contribution in [3.63, 3.8) is 0 Å². The maximum absolute atomic E-state index is 13.7. The second-order valence-electron chi connectivity index (χ2n) is 7.85. The quantitative estimate of drug-likeness (QED) is 0.320. The number of benzene rings is 3. The van der Waals surface area contributed by atoms with E-state index < -0.39 is 22.5 Å². The smallest absolute Gasteiger partial charge is 0.308 e. The lowest BCUT2D eigenvalue weighted by Gasteiger charge is -2.24. The second kappa shape index (κ2) is 10.8. The molecular formula is C25H24ClN3O6S2. The number of halogens is 1. The first-order chi connectivity index (χ1) is 17.7. The Bertz CT molecular complexity index is 1610. The Morgan fingerprint density at radius 2 is 1.73 bits per heavy atom. The van der Waals surface area contributed by atoms with Crippen LogP contribution in [-0.4, -0.2) is 39.7 Å². The zero-order valence-corrected chi connectivity index (χ0v) is 22.6. The molecule has 0 saturated heterocycles. The van der Waals surface area contributed by atoms with Crippen LogP contribution in [0.3, 0.4) is 0 Å². The maximum atomic E-state index is 13.7. The Kier molecular flexibility index (Phi) is 7.76. The molecule has 1 aromatic heterocycles. The number of aryl methyl sites for hydroxylation is 1. The molecule has 1 heterocycles. The Hall–Kier alpha value is -3.54. The Morgan fingerprint density at radius 1 is 1.03 bits per heavy atom. The standard InChI is InChI=1S/C25H24ClN3O6S2/c1-4-28-20-11-7-17(13-23(20)36-25(28)31)27-24(30)15-29(18-8-5-16(26)6-9-18)37(32,33)19-10-12-21(34-2)22(14-19)35-3/h5-14H,4,15H2,1-3H3,(H,27,30). The number of rotatable bonds is 9. The third kappa shape index (κ3) is 5.43. The number of anilines is 2. The number of methoxy groups -OCH3 is 2. The molecule has 4 aromatic rings. The van der Waals surface area contributed by atoms with Gasteiger partial charge in [-0.05, 0) is 61.5 Å². The highest BCUT2D eigenvalue weighted by atomic mass is 35.5. The number of carbonyl (C=O) groups is 1. The van der Waals surface area contributed by atoms with Crippen LogP contribution in [-0.2, 0) is 21.4 Å². The van der Waals surface area contributed by atoms with Gasteiger partial charge in [0, 0.05) is 23.3 Å². The summed E-state index contributed by atoms with van der Waals surface area (Å²) in [6, 6.07) is 15.4. The normalized spacial score (nSPS) is 11.4. The van der Waals surface area contributed by atoms with Crippen molar-refractivity contribution in [3.05, 3.63) is 75.4 Å². The van der Waals surface area contributed by atoms with E-state index in [9.17, 15) is 18.0 Å². The largest absolute Gasteiger partial charge is 0.493 e. The highest BCUT2D eigenvalue weighted by Gasteiger charge is 2.28. The van der Waals surface area contributed by atoms with E-state index in [1.807, 2.05) is 6.92 Å². The maximum Gasteiger partial charge on any atom is 0.308 e. The van der Waals surface area contributed by atoms with Gasteiger partial charge in [-0.25, -0.2) is 8.42 Å². The lowest BCUT2D eigenvalue weighted by molar-refractivity contribution is -0.114. The van der Waals surface area contributed by atoms with Crippen LogP contribution in [0.5, 0.6) is 11.5 Å². The molecule has 0 aliphatic rings. The molecule has 0 aliphatic carbocycles. The van der Waals surface area contributed by atoms with Gasteiger partial charge in [-0.15, -0.1) is 0 Å². The van der Waals surface area contributed by atoms with Gasteiger partial charge in [0.1, 0.15) is 6.54 Å². The second-order valence-corrected chi connectivity index (χ2v) is 11.1. The first-order valence-electron chi connectivity index (χ1n) is 11.1. The topological polar surface area (TPSA) is 107 Å². The van der Waals surface area contributed by atoms with Gasteiger partial charge in [0.25, 0.3) is 10.0 Å². The van der Waals surface area contributed by atoms with Gasteiger partial charge in [0.15, 0.2) is 11.5 Å². The molecule has 9 nitrogen and oxygen atoms in total. The van der Waals surface area contributed by atoms with Gasteiger partial charge in [0.05, 0.1) is 35.0 Å². The number of ether oxygens (including phenoxy) is 2. The van der Waals surface area contributed by atoms with Crippen LogP contribution in [0.1, 0.15) is 6.92 Å². The number of thiazole rings is 1. The summed E-state index contributed by atoms with van der Waals surface area (Å²) >= 11 is 7.08.